The number of benzene rings is 1. The van der Waals surface area contributed by atoms with Gasteiger partial charge in [0.1, 0.15) is 12.4 Å². The lowest BCUT2D eigenvalue weighted by Crippen LogP contribution is -2.54. The molecule has 2 aliphatic rings. The monoisotopic (exact) mass is 458 g/mol. The highest BCUT2D eigenvalue weighted by Gasteiger charge is 2.38. The maximum Gasteiger partial charge on any atom is 0.414 e. The number of amides is 2. The van der Waals surface area contributed by atoms with E-state index in [1.807, 2.05) is 38.1 Å². The molecular weight excluding hydrogens is 432 g/mol. The molecule has 0 radical (unpaired) electrons. The number of carbonyl (C=O) groups excluding carboxylic acids is 2. The van der Waals surface area contributed by atoms with E-state index < -0.39 is 6.09 Å². The zero-order chi connectivity index (χ0) is 22.8. The first-order valence-corrected chi connectivity index (χ1v) is 11.1. The van der Waals surface area contributed by atoms with Crippen LogP contribution >= 0.6 is 11.6 Å². The summed E-state index contributed by atoms with van der Waals surface area (Å²) in [5, 5.41) is 3.07. The lowest BCUT2D eigenvalue weighted by molar-refractivity contribution is 0.134. The van der Waals surface area contributed by atoms with Crippen molar-refractivity contribution in [3.05, 3.63) is 47.1 Å². The van der Waals surface area contributed by atoms with Crippen molar-refractivity contribution in [2.24, 2.45) is 5.92 Å². The summed E-state index contributed by atoms with van der Waals surface area (Å²) in [6.45, 7) is 7.48. The van der Waals surface area contributed by atoms with Crippen molar-refractivity contribution < 1.29 is 19.1 Å². The van der Waals surface area contributed by atoms with Gasteiger partial charge in [-0.05, 0) is 32.3 Å². The number of ether oxygens (including phenoxy) is 2. The van der Waals surface area contributed by atoms with Gasteiger partial charge in [-0.15, -0.1) is 0 Å². The number of nitrogens with one attached hydrogen (secondary N) is 1. The minimum Gasteiger partial charge on any atom is -0.444 e. The molecule has 1 aromatic carbocycles. The summed E-state index contributed by atoms with van der Waals surface area (Å²) in [5.41, 5.74) is 1.94. The molecule has 0 saturated carbocycles. The van der Waals surface area contributed by atoms with Crippen molar-refractivity contribution in [2.75, 3.05) is 22.9 Å². The minimum atomic E-state index is -0.547. The molecule has 3 heterocycles. The van der Waals surface area contributed by atoms with Gasteiger partial charge in [0.05, 0.1) is 16.9 Å². The van der Waals surface area contributed by atoms with Gasteiger partial charge in [-0.1, -0.05) is 36.7 Å². The number of anilines is 2. The standard InChI is InChI=1S/C23H27ClN4O4/c1-14(2)26-22(29)32-17-10-18(24)21(25-11-17)27-9-8-19(15(3)12-27)28-20-7-5-4-6-16(20)13-31-23(28)30/h4-7,10-11,14-15,19H,8-9,12-13H2,1-3H3,(H,26,29)/t15-,19+/m0/s1. The molecule has 1 fully saturated rings. The molecule has 1 aromatic heterocycles. The van der Waals surface area contributed by atoms with Gasteiger partial charge in [-0.2, -0.15) is 0 Å². The quantitative estimate of drug-likeness (QED) is 0.720. The van der Waals surface area contributed by atoms with Gasteiger partial charge in [0.25, 0.3) is 0 Å². The highest BCUT2D eigenvalue weighted by Crippen LogP contribution is 2.36. The number of rotatable bonds is 4. The van der Waals surface area contributed by atoms with Crippen LogP contribution in [0.25, 0.3) is 0 Å². The van der Waals surface area contributed by atoms with Crippen molar-refractivity contribution in [3.8, 4) is 5.75 Å². The zero-order valence-corrected chi connectivity index (χ0v) is 19.1. The number of carbonyl (C=O) groups is 2. The van der Waals surface area contributed by atoms with Crippen molar-refractivity contribution in [2.45, 2.75) is 45.9 Å². The van der Waals surface area contributed by atoms with Gasteiger partial charge in [-0.25, -0.2) is 14.6 Å². The van der Waals surface area contributed by atoms with E-state index in [4.69, 9.17) is 21.1 Å². The molecule has 8 nitrogen and oxygen atoms in total. The topological polar surface area (TPSA) is 84.0 Å². The summed E-state index contributed by atoms with van der Waals surface area (Å²) in [6.07, 6.45) is 1.40. The van der Waals surface area contributed by atoms with Crippen LogP contribution in [0.3, 0.4) is 0 Å². The van der Waals surface area contributed by atoms with Crippen molar-refractivity contribution in [1.29, 1.82) is 0 Å². The highest BCUT2D eigenvalue weighted by atomic mass is 35.5. The SMILES string of the molecule is CC(C)NC(=O)Oc1cnc(N2CC[C@@H](N3C(=O)OCc4ccccc43)[C@@H](C)C2)c(Cl)c1. The number of pyridine rings is 1. The van der Waals surface area contributed by atoms with E-state index in [0.29, 0.717) is 30.5 Å². The van der Waals surface area contributed by atoms with E-state index >= 15 is 0 Å². The number of aromatic nitrogens is 1. The second-order valence-corrected chi connectivity index (χ2v) is 8.90. The number of hydrogen-bond donors (Lipinski definition) is 1. The second-order valence-electron chi connectivity index (χ2n) is 8.50. The number of cyclic esters (lactones) is 1. The average molecular weight is 459 g/mol. The van der Waals surface area contributed by atoms with Gasteiger partial charge >= 0.3 is 12.2 Å². The molecule has 1 saturated heterocycles. The largest absolute Gasteiger partial charge is 0.444 e. The van der Waals surface area contributed by atoms with Crippen LogP contribution in [0.5, 0.6) is 5.75 Å². The Hall–Kier alpha value is -3.00. The summed E-state index contributed by atoms with van der Waals surface area (Å²) in [5.74, 6) is 1.08. The molecular formula is C23H27ClN4O4. The third kappa shape index (κ3) is 4.60. The third-order valence-electron chi connectivity index (χ3n) is 5.70. The Kier molecular flexibility index (Phi) is 6.41. The van der Waals surface area contributed by atoms with Crippen molar-refractivity contribution in [1.82, 2.24) is 10.3 Å². The van der Waals surface area contributed by atoms with Crippen LogP contribution in [0.4, 0.5) is 21.1 Å². The first-order valence-electron chi connectivity index (χ1n) is 10.8. The van der Waals surface area contributed by atoms with Crippen LogP contribution in [0.1, 0.15) is 32.8 Å². The molecule has 2 atom stereocenters. The summed E-state index contributed by atoms with van der Waals surface area (Å²) in [6, 6.07) is 9.44. The number of hydrogen-bond acceptors (Lipinski definition) is 6. The van der Waals surface area contributed by atoms with Crippen LogP contribution in [0.15, 0.2) is 36.5 Å². The number of para-hydroxylation sites is 1. The summed E-state index contributed by atoms with van der Waals surface area (Å²) in [4.78, 5) is 32.7. The van der Waals surface area contributed by atoms with Crippen LogP contribution in [-0.4, -0.2) is 42.3 Å². The molecule has 1 N–H and O–H groups in total. The minimum absolute atomic E-state index is 0.0151. The molecule has 0 aliphatic carbocycles. The van der Waals surface area contributed by atoms with E-state index in [2.05, 4.69) is 22.1 Å². The molecule has 2 amide bonds. The van der Waals surface area contributed by atoms with Crippen LogP contribution in [0.2, 0.25) is 5.02 Å². The lowest BCUT2D eigenvalue weighted by atomic mass is 9.91. The second kappa shape index (κ2) is 9.24. The summed E-state index contributed by atoms with van der Waals surface area (Å²) < 4.78 is 10.6. The fourth-order valence-corrected chi connectivity index (χ4v) is 4.55. The molecule has 2 aromatic rings. The predicted molar refractivity (Wildman–Crippen MR) is 122 cm³/mol. The van der Waals surface area contributed by atoms with Gasteiger partial charge < -0.3 is 19.7 Å². The van der Waals surface area contributed by atoms with Gasteiger partial charge in [0.15, 0.2) is 5.75 Å². The van der Waals surface area contributed by atoms with Crippen LogP contribution in [0, 0.1) is 5.92 Å². The Morgan fingerprint density at radius 3 is 2.84 bits per heavy atom. The number of halogens is 1. The smallest absolute Gasteiger partial charge is 0.414 e. The number of nitrogens with zero attached hydrogens (tertiary/aromatic N) is 3. The van der Waals surface area contributed by atoms with Crippen molar-refractivity contribution in [3.63, 3.8) is 0 Å². The summed E-state index contributed by atoms with van der Waals surface area (Å²) in [7, 11) is 0. The molecule has 4 rings (SSSR count). The predicted octanol–water partition coefficient (Wildman–Crippen LogP) is 4.60. The molecule has 0 spiro atoms. The van der Waals surface area contributed by atoms with E-state index in [9.17, 15) is 9.59 Å². The third-order valence-corrected chi connectivity index (χ3v) is 5.98. The normalized spacial score (nSPS) is 20.6. The van der Waals surface area contributed by atoms with E-state index in [1.54, 1.807) is 11.0 Å². The Balaban J connectivity index is 1.46. The maximum atomic E-state index is 12.6. The number of fused-ring (bicyclic) bond motifs is 1. The molecule has 9 heteroatoms. The van der Waals surface area contributed by atoms with Gasteiger partial charge in [0, 0.05) is 36.8 Å². The summed E-state index contributed by atoms with van der Waals surface area (Å²) >= 11 is 6.47. The Labute approximate surface area is 192 Å². The molecule has 170 valence electrons. The first-order chi connectivity index (χ1) is 15.3. The Morgan fingerprint density at radius 2 is 2.12 bits per heavy atom. The fraction of sp³-hybridized carbons (Fsp3) is 0.435. The zero-order valence-electron chi connectivity index (χ0n) is 18.4. The Bertz CT molecular complexity index is 1020. The first kappa shape index (κ1) is 22.2. The van der Waals surface area contributed by atoms with Gasteiger partial charge in [0.2, 0.25) is 0 Å². The molecule has 2 aliphatic heterocycles. The van der Waals surface area contributed by atoms with Crippen LogP contribution < -0.4 is 19.9 Å². The average Bonchev–Trinajstić information content (AvgIpc) is 2.74. The highest BCUT2D eigenvalue weighted by molar-refractivity contribution is 6.33. The van der Waals surface area contributed by atoms with Crippen LogP contribution in [-0.2, 0) is 11.3 Å². The van der Waals surface area contributed by atoms with E-state index in [-0.39, 0.29) is 29.8 Å². The Morgan fingerprint density at radius 1 is 1.34 bits per heavy atom. The molecule has 0 bridgehead atoms. The van der Waals surface area contributed by atoms with E-state index in [0.717, 1.165) is 17.7 Å². The lowest BCUT2D eigenvalue weighted by Gasteiger charge is -2.44. The van der Waals surface area contributed by atoms with Crippen molar-refractivity contribution >= 4 is 35.3 Å². The fourth-order valence-electron chi connectivity index (χ4n) is 4.27. The van der Waals surface area contributed by atoms with Gasteiger partial charge in [-0.3, -0.25) is 4.90 Å². The maximum absolute atomic E-state index is 12.6. The number of piperidine rings is 1. The molecule has 32 heavy (non-hydrogen) atoms. The van der Waals surface area contributed by atoms with E-state index in [1.165, 1.54) is 6.20 Å². The molecule has 0 unspecified atom stereocenters.